The molecule has 1 heterocycles. The molecule has 1 aromatic heterocycles. The van der Waals surface area contributed by atoms with Crippen LogP contribution in [0.1, 0.15) is 27.6 Å². The van der Waals surface area contributed by atoms with E-state index in [9.17, 15) is 18.0 Å². The highest BCUT2D eigenvalue weighted by atomic mass is 35.5. The third-order valence-corrected chi connectivity index (χ3v) is 8.31. The third-order valence-electron chi connectivity index (χ3n) is 6.82. The number of ether oxygens (including phenoxy) is 1. The van der Waals surface area contributed by atoms with Crippen molar-refractivity contribution in [3.05, 3.63) is 101 Å². The summed E-state index contributed by atoms with van der Waals surface area (Å²) in [6, 6.07) is 23.9. The van der Waals surface area contributed by atoms with Crippen LogP contribution in [0.3, 0.4) is 0 Å². The molecule has 3 N–H and O–H groups in total. The van der Waals surface area contributed by atoms with Gasteiger partial charge in [-0.3, -0.25) is 13.9 Å². The van der Waals surface area contributed by atoms with Gasteiger partial charge in [0.05, 0.1) is 17.5 Å². The molecule has 0 saturated heterocycles. The Kier molecular flexibility index (Phi) is 8.16. The van der Waals surface area contributed by atoms with Gasteiger partial charge in [0.1, 0.15) is 22.8 Å². The molecule has 11 heteroatoms. The van der Waals surface area contributed by atoms with Crippen LogP contribution in [0.15, 0.2) is 89.3 Å². The average molecular weight is 618 g/mol. The van der Waals surface area contributed by atoms with E-state index < -0.39 is 21.8 Å². The van der Waals surface area contributed by atoms with E-state index in [-0.39, 0.29) is 17.7 Å². The molecule has 0 fully saturated rings. The van der Waals surface area contributed by atoms with Gasteiger partial charge in [-0.15, -0.1) is 0 Å². The molecular weight excluding hydrogens is 590 g/mol. The number of carbonyl (C=O) groups excluding carboxylic acids is 2. The second-order valence-corrected chi connectivity index (χ2v) is 12.1. The van der Waals surface area contributed by atoms with E-state index in [2.05, 4.69) is 5.32 Å². The van der Waals surface area contributed by atoms with Gasteiger partial charge in [0.2, 0.25) is 15.9 Å². The number of anilines is 1. The van der Waals surface area contributed by atoms with Crippen LogP contribution in [0.5, 0.6) is 11.5 Å². The molecule has 0 saturated carbocycles. The first-order valence-corrected chi connectivity index (χ1v) is 15.5. The number of halogens is 1. The van der Waals surface area contributed by atoms with Crippen molar-refractivity contribution in [1.29, 1.82) is 0 Å². The summed E-state index contributed by atoms with van der Waals surface area (Å²) in [5.41, 5.74) is 8.30. The zero-order chi connectivity index (χ0) is 30.9. The maximum atomic E-state index is 13.3. The van der Waals surface area contributed by atoms with Gasteiger partial charge in [-0.05, 0) is 73.2 Å². The molecule has 5 rings (SSSR count). The second-order valence-electron chi connectivity index (χ2n) is 9.71. The van der Waals surface area contributed by atoms with Crippen molar-refractivity contribution in [2.45, 2.75) is 6.92 Å². The lowest BCUT2D eigenvalue weighted by Gasteiger charge is -2.24. The summed E-state index contributed by atoms with van der Waals surface area (Å²) in [6.07, 6.45) is 1.11. The van der Waals surface area contributed by atoms with Crippen LogP contribution in [0.4, 0.5) is 5.69 Å². The van der Waals surface area contributed by atoms with E-state index in [4.69, 9.17) is 26.5 Å². The van der Waals surface area contributed by atoms with Gasteiger partial charge < -0.3 is 20.2 Å². The number of carbonyl (C=O) groups is 2. The number of sulfonamides is 1. The topological polar surface area (TPSA) is 132 Å². The van der Waals surface area contributed by atoms with Crippen LogP contribution in [-0.2, 0) is 10.0 Å². The van der Waals surface area contributed by atoms with Crippen molar-refractivity contribution in [3.8, 4) is 33.9 Å². The fourth-order valence-electron chi connectivity index (χ4n) is 4.89. The Morgan fingerprint density at radius 2 is 1.67 bits per heavy atom. The highest BCUT2D eigenvalue weighted by Crippen LogP contribution is 2.42. The van der Waals surface area contributed by atoms with Crippen LogP contribution >= 0.6 is 11.6 Å². The molecule has 4 aromatic carbocycles. The standard InChI is InChI=1S/C32H28ClN3O6S/c1-4-36(43(3,39)40)27-18-28-26(17-25(27)20-7-5-8-21(15-20)31(34)37)29(32(38)35-2)30(42-28)19-11-13-23(14-12-19)41-24-10-6-9-22(33)16-24/h5-18H,4H2,1-3H3,(H2,34,37)(H,35,38). The quantitative estimate of drug-likeness (QED) is 0.195. The molecule has 0 bridgehead atoms. The van der Waals surface area contributed by atoms with Crippen molar-refractivity contribution >= 4 is 50.1 Å². The molecule has 220 valence electrons. The molecule has 0 aliphatic heterocycles. The summed E-state index contributed by atoms with van der Waals surface area (Å²) in [7, 11) is -2.19. The first-order valence-electron chi connectivity index (χ1n) is 13.2. The van der Waals surface area contributed by atoms with Crippen molar-refractivity contribution in [2.24, 2.45) is 5.73 Å². The number of nitrogens with one attached hydrogen (secondary N) is 1. The molecule has 5 aromatic rings. The van der Waals surface area contributed by atoms with Crippen LogP contribution in [0.25, 0.3) is 33.4 Å². The summed E-state index contributed by atoms with van der Waals surface area (Å²) in [4.78, 5) is 25.2. The highest BCUT2D eigenvalue weighted by Gasteiger charge is 2.27. The summed E-state index contributed by atoms with van der Waals surface area (Å²) in [6.45, 7) is 1.85. The minimum Gasteiger partial charge on any atom is -0.457 e. The SMILES string of the molecule is CCN(c1cc2oc(-c3ccc(Oc4cccc(Cl)c4)cc3)c(C(=O)NC)c2cc1-c1cccc(C(N)=O)c1)S(C)(=O)=O. The minimum absolute atomic E-state index is 0.136. The van der Waals surface area contributed by atoms with Crippen molar-refractivity contribution in [2.75, 3.05) is 24.2 Å². The van der Waals surface area contributed by atoms with E-state index in [0.717, 1.165) is 6.26 Å². The summed E-state index contributed by atoms with van der Waals surface area (Å²) >= 11 is 6.07. The van der Waals surface area contributed by atoms with E-state index >= 15 is 0 Å². The number of rotatable bonds is 9. The first-order chi connectivity index (χ1) is 20.5. The van der Waals surface area contributed by atoms with Crippen LogP contribution in [0.2, 0.25) is 5.02 Å². The van der Waals surface area contributed by atoms with Crippen LogP contribution < -0.4 is 20.1 Å². The number of hydrogen-bond acceptors (Lipinski definition) is 6. The number of amides is 2. The van der Waals surface area contributed by atoms with Gasteiger partial charge in [0.25, 0.3) is 5.91 Å². The Morgan fingerprint density at radius 1 is 0.953 bits per heavy atom. The van der Waals surface area contributed by atoms with Gasteiger partial charge in [-0.25, -0.2) is 8.42 Å². The van der Waals surface area contributed by atoms with Gasteiger partial charge >= 0.3 is 0 Å². The first kappa shape index (κ1) is 29.7. The molecule has 0 radical (unpaired) electrons. The predicted octanol–water partition coefficient (Wildman–Crippen LogP) is 6.46. The van der Waals surface area contributed by atoms with E-state index in [1.807, 2.05) is 0 Å². The Labute approximate surface area is 253 Å². The van der Waals surface area contributed by atoms with Crippen LogP contribution in [0, 0.1) is 0 Å². The van der Waals surface area contributed by atoms with E-state index in [1.165, 1.54) is 11.4 Å². The number of primary amides is 1. The number of hydrogen-bond donors (Lipinski definition) is 2. The lowest BCUT2D eigenvalue weighted by Crippen LogP contribution is -2.30. The van der Waals surface area contributed by atoms with Crippen molar-refractivity contribution in [1.82, 2.24) is 5.32 Å². The zero-order valence-electron chi connectivity index (χ0n) is 23.6. The smallest absolute Gasteiger partial charge is 0.255 e. The molecule has 9 nitrogen and oxygen atoms in total. The molecule has 2 amide bonds. The normalized spacial score (nSPS) is 11.3. The number of fused-ring (bicyclic) bond motifs is 1. The van der Waals surface area contributed by atoms with Gasteiger partial charge in [0, 0.05) is 46.8 Å². The van der Waals surface area contributed by atoms with Crippen molar-refractivity contribution < 1.29 is 27.2 Å². The van der Waals surface area contributed by atoms with E-state index in [0.29, 0.717) is 55.6 Å². The largest absolute Gasteiger partial charge is 0.457 e. The lowest BCUT2D eigenvalue weighted by atomic mass is 9.97. The summed E-state index contributed by atoms with van der Waals surface area (Å²) in [5, 5.41) is 3.68. The summed E-state index contributed by atoms with van der Waals surface area (Å²) < 4.78 is 39.1. The maximum absolute atomic E-state index is 13.3. The Bertz CT molecular complexity index is 1970. The molecule has 0 aliphatic rings. The number of nitrogens with two attached hydrogens (primary N) is 1. The zero-order valence-corrected chi connectivity index (χ0v) is 25.1. The minimum atomic E-state index is -3.70. The average Bonchev–Trinajstić information content (AvgIpc) is 3.35. The fraction of sp³-hybridized carbons (Fsp3) is 0.125. The molecule has 0 unspecified atom stereocenters. The maximum Gasteiger partial charge on any atom is 0.255 e. The molecule has 43 heavy (non-hydrogen) atoms. The third kappa shape index (κ3) is 6.06. The number of nitrogens with zero attached hydrogens (tertiary/aromatic N) is 1. The molecule has 0 spiro atoms. The second kappa shape index (κ2) is 11.8. The van der Waals surface area contributed by atoms with E-state index in [1.54, 1.807) is 91.9 Å². The molecule has 0 atom stereocenters. The van der Waals surface area contributed by atoms with Gasteiger partial charge in [-0.2, -0.15) is 0 Å². The summed E-state index contributed by atoms with van der Waals surface area (Å²) in [5.74, 6) is 0.392. The van der Waals surface area contributed by atoms with Crippen molar-refractivity contribution in [3.63, 3.8) is 0 Å². The number of furan rings is 1. The van der Waals surface area contributed by atoms with Gasteiger partial charge in [-0.1, -0.05) is 29.8 Å². The predicted molar refractivity (Wildman–Crippen MR) is 168 cm³/mol. The number of benzene rings is 4. The van der Waals surface area contributed by atoms with Gasteiger partial charge in [0.15, 0.2) is 0 Å². The highest BCUT2D eigenvalue weighted by molar-refractivity contribution is 7.92. The Morgan fingerprint density at radius 3 is 2.30 bits per heavy atom. The Balaban J connectivity index is 1.70. The fourth-order valence-corrected chi connectivity index (χ4v) is 6.05. The molecule has 0 aliphatic carbocycles. The lowest BCUT2D eigenvalue weighted by molar-refractivity contribution is 0.0963. The monoisotopic (exact) mass is 617 g/mol. The Hall–Kier alpha value is -4.80. The molecular formula is C32H28ClN3O6S. The van der Waals surface area contributed by atoms with Crippen LogP contribution in [-0.4, -0.2) is 40.1 Å².